The molecule has 11 aliphatic rings. The van der Waals surface area contributed by atoms with Gasteiger partial charge in [0.05, 0.1) is 31.0 Å². The van der Waals surface area contributed by atoms with E-state index in [1.54, 1.807) is 20.8 Å². The number of anilines is 5. The number of furan rings is 2. The number of fused-ring (bicyclic) bond motifs is 6. The van der Waals surface area contributed by atoms with Crippen molar-refractivity contribution in [1.82, 2.24) is 9.97 Å². The van der Waals surface area contributed by atoms with Gasteiger partial charge in [0, 0.05) is 116 Å². The van der Waals surface area contributed by atoms with Gasteiger partial charge in [-0.2, -0.15) is 0 Å². The maximum absolute atomic E-state index is 9.52. The van der Waals surface area contributed by atoms with Crippen molar-refractivity contribution >= 4 is 72.6 Å². The van der Waals surface area contributed by atoms with E-state index in [1.165, 1.54) is 140 Å². The van der Waals surface area contributed by atoms with E-state index in [0.717, 1.165) is 97.1 Å². The van der Waals surface area contributed by atoms with Gasteiger partial charge in [-0.3, -0.25) is 0 Å². The molecule has 11 fully saturated rings. The molecule has 9 aromatic rings. The number of aromatic nitrogens is 2. The summed E-state index contributed by atoms with van der Waals surface area (Å²) in [6, 6.07) is 42.6. The first-order valence-electron chi connectivity index (χ1n) is 48.8. The molecule has 6 unspecified atom stereocenters. The van der Waals surface area contributed by atoms with Crippen molar-refractivity contribution in [3.05, 3.63) is 161 Å². The van der Waals surface area contributed by atoms with Crippen molar-refractivity contribution in [3.63, 3.8) is 0 Å². The number of benzene rings is 5. The number of hydrogen-bond acceptors (Lipinski definition) is 9. The average Bonchev–Trinajstić information content (AvgIpc) is 1.51. The lowest BCUT2D eigenvalue weighted by molar-refractivity contribution is -0.900. The first-order chi connectivity index (χ1) is 57.2. The van der Waals surface area contributed by atoms with Gasteiger partial charge >= 0.3 is 0 Å². The summed E-state index contributed by atoms with van der Waals surface area (Å²) >= 11 is 0. The molecule has 3 spiro atoms. The number of quaternary nitrogens is 1. The molecule has 6 saturated carbocycles. The second kappa shape index (κ2) is 29.5. The summed E-state index contributed by atoms with van der Waals surface area (Å²) in [5.41, 5.74) is 14.3. The van der Waals surface area contributed by atoms with Gasteiger partial charge in [0.1, 0.15) is 6.54 Å². The van der Waals surface area contributed by atoms with Gasteiger partial charge in [-0.05, 0) is 344 Å². The Balaban J connectivity index is 0.000000120. The van der Waals surface area contributed by atoms with Crippen molar-refractivity contribution in [2.45, 2.75) is 346 Å². The Hall–Kier alpha value is -7.04. The van der Waals surface area contributed by atoms with Crippen LogP contribution >= 0.6 is 0 Å². The van der Waals surface area contributed by atoms with Crippen molar-refractivity contribution in [3.8, 4) is 0 Å². The zero-order valence-electron chi connectivity index (χ0n) is 83.7. The van der Waals surface area contributed by atoms with Crippen LogP contribution in [0.3, 0.4) is 0 Å². The van der Waals surface area contributed by atoms with Gasteiger partial charge in [0.15, 0.2) is 17.3 Å². The third kappa shape index (κ3) is 14.1. The smallest absolute Gasteiger partial charge is 0.227 e. The molecular weight excluding hydrogens is 1390 g/mol. The highest BCUT2D eigenvalue weighted by Crippen LogP contribution is 2.70. The summed E-state index contributed by atoms with van der Waals surface area (Å²) < 4.78 is 92.0. The summed E-state index contributed by atoms with van der Waals surface area (Å²) in [6.45, 7) is 47.8. The van der Waals surface area contributed by atoms with Gasteiger partial charge < -0.3 is 37.8 Å². The fraction of sp³-hybridized carbons (Fsp3) is 0.615. The van der Waals surface area contributed by atoms with E-state index in [4.69, 9.17) is 18.4 Å². The highest BCUT2D eigenvalue weighted by Gasteiger charge is 2.66. The molecule has 0 amide bonds. The third-order valence-electron chi connectivity index (χ3n) is 30.8. The predicted molar refractivity (Wildman–Crippen MR) is 485 cm³/mol. The number of para-hydroxylation sites is 3. The second-order valence-electron chi connectivity index (χ2n) is 41.4. The molecule has 0 N–H and O–H groups in total. The zero-order chi connectivity index (χ0) is 89.6. The molecule has 20 rings (SSSR count). The summed E-state index contributed by atoms with van der Waals surface area (Å²) in [5, 5.41) is 4.57. The fourth-order valence-electron chi connectivity index (χ4n) is 26.2. The molecule has 6 aliphatic carbocycles. The standard InChI is InChI=1S/C25H32N2O.C23H33N.C21H28N3O.C19H29N.C16H25N/c1-16-9-11-19-20-12-10-17(2)26-23(20)28-22(19)21(16)27-18(3)25(15-24(27,4)5)13-7-6-8-14-25;1-15-7-5-6-8-21(15)24-16(2)23(14-22(24,3)4)19-10-17-9-18(12-19)13-20(23)11-17;1-13-8-10-16-17-11-9-14(2)22-20(17)25-19(16)18(13)23-15(3)24(6,7)12-21(23,4)5;1-15-10-6-7-11-17(15)20-16(2)19(14-18(20,3)4)12-8-5-9-13-19;1-12-9-7-8-10-14(12)17-13(2)15(3,4)11-16(17,5)6/h9-12,18H,6-8,13-15H2,1-5H3;5-8,16-20H,9-14H2,1-4H3;8-11,15H,12H2,1-7H3;6-7,10-11,16H,5,8-9,12-14H2,1-4H3;7-10,13H,11H2,1-6H3/q;;+1;;/i;14D2;;14D2;3D3,11D2. The molecule has 9 heterocycles. The molecule has 10 nitrogen and oxygen atoms in total. The molecule has 0 radical (unpaired) electrons. The number of nitrogens with zero attached hydrogens (tertiary/aromatic N) is 8. The molecule has 114 heavy (non-hydrogen) atoms. The van der Waals surface area contributed by atoms with E-state index in [0.29, 0.717) is 29.5 Å². The van der Waals surface area contributed by atoms with Crippen LogP contribution in [0.5, 0.6) is 0 Å². The van der Waals surface area contributed by atoms with E-state index in [9.17, 15) is 2.74 Å². The lowest BCUT2D eigenvalue weighted by Crippen LogP contribution is -2.57. The van der Waals surface area contributed by atoms with Gasteiger partial charge in [-0.25, -0.2) is 9.97 Å². The molecule has 4 aromatic heterocycles. The Morgan fingerprint density at radius 1 is 0.395 bits per heavy atom. The molecule has 10 heteroatoms. The van der Waals surface area contributed by atoms with Crippen molar-refractivity contribution in [2.24, 2.45) is 45.3 Å². The zero-order valence-corrected chi connectivity index (χ0v) is 74.7. The normalized spacial score (nSPS) is 32.6. The Labute approximate surface area is 701 Å². The topological polar surface area (TPSA) is 68.3 Å². The highest BCUT2D eigenvalue weighted by atomic mass is 16.3. The number of aryl methyl sites for hydroxylation is 7. The minimum absolute atomic E-state index is 0.0598. The third-order valence-corrected chi connectivity index (χ3v) is 30.8. The van der Waals surface area contributed by atoms with E-state index in [1.807, 2.05) is 56.9 Å². The van der Waals surface area contributed by atoms with Crippen LogP contribution in [0.25, 0.3) is 44.1 Å². The SMILES string of the molecule is Cc1ccc2c(n1)oc1c(N3C(C)C4(CCCCC4)CC3(C)C)c(C)ccc12.Cc1ccc2c(n1)oc1c(N3C(C)[N+](C)(C)CC3(C)C)c(C)ccc12.[2H]C([2H])([2H])C1(C)C(C)N(c2ccccc2C)C(C)(C)C1([2H])[2H].[2H]C1([2H])C2(C3CC4CC(C3)CC2C4)C(C)N(c2ccccc2C)C1(C)C.[2H]C1([2H])C2(CCCCC2)C(C)N(c2ccccc2C)C1(C)C. The van der Waals surface area contributed by atoms with Crippen LogP contribution < -0.4 is 24.5 Å². The Morgan fingerprint density at radius 2 is 0.789 bits per heavy atom. The maximum atomic E-state index is 9.52. The fourth-order valence-corrected chi connectivity index (χ4v) is 26.2. The van der Waals surface area contributed by atoms with Crippen LogP contribution in [0.4, 0.5) is 28.4 Å². The molecule has 4 bridgehead atoms. The summed E-state index contributed by atoms with van der Waals surface area (Å²) in [4.78, 5) is 21.3. The van der Waals surface area contributed by atoms with Crippen LogP contribution in [0, 0.1) is 93.8 Å². The van der Waals surface area contributed by atoms with Crippen LogP contribution in [0.15, 0.2) is 130 Å². The van der Waals surface area contributed by atoms with Crippen molar-refractivity contribution in [2.75, 3.05) is 45.1 Å². The number of rotatable bonds is 5. The van der Waals surface area contributed by atoms with Crippen LogP contribution in [0.1, 0.15) is 291 Å². The number of hydrogen-bond donors (Lipinski definition) is 0. The van der Waals surface area contributed by atoms with Crippen LogP contribution in [-0.2, 0) is 0 Å². The Bertz CT molecular complexity index is 5420. The lowest BCUT2D eigenvalue weighted by Gasteiger charge is -2.62. The average molecular weight is 1550 g/mol. The number of likely N-dealkylation sites (N-methyl/N-ethyl adjacent to an activating group) is 1. The largest absolute Gasteiger partial charge is 0.436 e. The molecule has 5 saturated heterocycles. The van der Waals surface area contributed by atoms with Crippen molar-refractivity contribution < 1.29 is 25.7 Å². The monoisotopic (exact) mass is 1550 g/mol. The van der Waals surface area contributed by atoms with Gasteiger partial charge in [-0.1, -0.05) is 131 Å². The summed E-state index contributed by atoms with van der Waals surface area (Å²) in [6.07, 6.45) is 16.5. The molecule has 614 valence electrons. The molecule has 6 atom stereocenters. The molecule has 5 aliphatic heterocycles. The Morgan fingerprint density at radius 3 is 1.22 bits per heavy atom. The van der Waals surface area contributed by atoms with E-state index in [-0.39, 0.29) is 34.0 Å². The Kier molecular flexibility index (Phi) is 18.4. The van der Waals surface area contributed by atoms with E-state index >= 15 is 0 Å². The second-order valence-corrected chi connectivity index (χ2v) is 41.4. The van der Waals surface area contributed by atoms with Gasteiger partial charge in [0.25, 0.3) is 0 Å². The maximum Gasteiger partial charge on any atom is 0.227 e. The minimum Gasteiger partial charge on any atom is -0.436 e. The summed E-state index contributed by atoms with van der Waals surface area (Å²) in [7, 11) is 4.62. The number of pyridine rings is 2. The quantitative estimate of drug-likeness (QED) is 0.157. The van der Waals surface area contributed by atoms with E-state index < -0.39 is 54.0 Å². The van der Waals surface area contributed by atoms with E-state index in [2.05, 4.69) is 252 Å². The van der Waals surface area contributed by atoms with Crippen LogP contribution in [-0.4, -0.2) is 93.1 Å². The van der Waals surface area contributed by atoms with Gasteiger partial charge in [-0.15, -0.1) is 0 Å². The van der Waals surface area contributed by atoms with Crippen LogP contribution in [0.2, 0.25) is 0 Å². The minimum atomic E-state index is -2.38. The van der Waals surface area contributed by atoms with Gasteiger partial charge in [0.2, 0.25) is 11.4 Å². The molecular formula is C104H147N8O2+. The molecule has 5 aromatic carbocycles. The predicted octanol–water partition coefficient (Wildman–Crippen LogP) is 27.1. The van der Waals surface area contributed by atoms with Crippen molar-refractivity contribution in [1.29, 1.82) is 0 Å². The summed E-state index contributed by atoms with van der Waals surface area (Å²) in [5.74, 6) is 2.89. The lowest BCUT2D eigenvalue weighted by atomic mass is 9.43. The first kappa shape index (κ1) is 71.1. The highest BCUT2D eigenvalue weighted by molar-refractivity contribution is 6.10. The first-order valence-corrected chi connectivity index (χ1v) is 44.3.